The van der Waals surface area contributed by atoms with Gasteiger partial charge in [0.2, 0.25) is 5.91 Å². The van der Waals surface area contributed by atoms with Crippen molar-refractivity contribution in [2.75, 3.05) is 19.7 Å². The monoisotopic (exact) mass is 344 g/mol. The van der Waals surface area contributed by atoms with Crippen LogP contribution in [0.1, 0.15) is 18.7 Å². The third-order valence-corrected chi connectivity index (χ3v) is 4.09. The molecule has 0 saturated carbocycles. The van der Waals surface area contributed by atoms with Crippen molar-refractivity contribution in [1.29, 1.82) is 0 Å². The summed E-state index contributed by atoms with van der Waals surface area (Å²) in [6.45, 7) is 0.786. The van der Waals surface area contributed by atoms with Crippen LogP contribution in [0.25, 0.3) is 11.3 Å². The normalized spacial score (nSPS) is 17.4. The van der Waals surface area contributed by atoms with Gasteiger partial charge in [0.1, 0.15) is 0 Å². The highest BCUT2D eigenvalue weighted by Gasteiger charge is 2.28. The van der Waals surface area contributed by atoms with Crippen molar-refractivity contribution in [3.05, 3.63) is 42.4 Å². The lowest BCUT2D eigenvalue weighted by Crippen LogP contribution is -2.48. The molecule has 1 aliphatic rings. The molecular weight excluding hydrogens is 324 g/mol. The van der Waals surface area contributed by atoms with E-state index in [1.165, 1.54) is 0 Å². The van der Waals surface area contributed by atoms with Gasteiger partial charge in [-0.1, -0.05) is 30.3 Å². The number of carboxylic acids is 1. The maximum atomic E-state index is 12.2. The Morgan fingerprint density at radius 1 is 1.28 bits per heavy atom. The average molecular weight is 344 g/mol. The van der Waals surface area contributed by atoms with Crippen LogP contribution in [0.4, 0.5) is 0 Å². The lowest BCUT2D eigenvalue weighted by molar-refractivity contribution is -0.159. The van der Waals surface area contributed by atoms with Crippen molar-refractivity contribution in [2.45, 2.75) is 25.4 Å². The molecule has 0 radical (unpaired) electrons. The first-order chi connectivity index (χ1) is 12.1. The van der Waals surface area contributed by atoms with Crippen LogP contribution < -0.4 is 0 Å². The lowest BCUT2D eigenvalue weighted by Gasteiger charge is -2.30. The number of carbonyl (C=O) groups is 2. The number of ether oxygens (including phenoxy) is 1. The highest BCUT2D eigenvalue weighted by Crippen LogP contribution is 2.20. The molecular formula is C18H20N2O5. The SMILES string of the molecule is O=C(O)[C@@H]1CN(C(=O)CCCc2ncc(-c3ccccc3)o2)CCO1. The summed E-state index contributed by atoms with van der Waals surface area (Å²) in [4.78, 5) is 29.0. The first-order valence-electron chi connectivity index (χ1n) is 8.26. The second kappa shape index (κ2) is 7.94. The van der Waals surface area contributed by atoms with Crippen LogP contribution in [0, 0.1) is 0 Å². The van der Waals surface area contributed by atoms with E-state index >= 15 is 0 Å². The predicted octanol–water partition coefficient (Wildman–Crippen LogP) is 1.98. The number of hydrogen-bond acceptors (Lipinski definition) is 5. The van der Waals surface area contributed by atoms with Gasteiger partial charge in [-0.05, 0) is 6.42 Å². The number of carboxylic acid groups (broad SMARTS) is 1. The number of nitrogens with zero attached hydrogens (tertiary/aromatic N) is 2. The molecule has 1 fully saturated rings. The lowest BCUT2D eigenvalue weighted by atomic mass is 10.2. The highest BCUT2D eigenvalue weighted by molar-refractivity contribution is 5.78. The summed E-state index contributed by atoms with van der Waals surface area (Å²) in [5.41, 5.74) is 0.963. The van der Waals surface area contributed by atoms with Crippen molar-refractivity contribution < 1.29 is 23.8 Å². The molecule has 1 atom stereocenters. The molecule has 1 N–H and O–H groups in total. The molecule has 0 bridgehead atoms. The summed E-state index contributed by atoms with van der Waals surface area (Å²) < 4.78 is 10.8. The topological polar surface area (TPSA) is 92.9 Å². The van der Waals surface area contributed by atoms with E-state index in [9.17, 15) is 9.59 Å². The second-order valence-corrected chi connectivity index (χ2v) is 5.88. The quantitative estimate of drug-likeness (QED) is 0.861. The smallest absolute Gasteiger partial charge is 0.334 e. The zero-order valence-electron chi connectivity index (χ0n) is 13.8. The highest BCUT2D eigenvalue weighted by atomic mass is 16.5. The maximum Gasteiger partial charge on any atom is 0.334 e. The number of aliphatic carboxylic acids is 1. The number of aryl methyl sites for hydroxylation is 1. The number of rotatable bonds is 6. The summed E-state index contributed by atoms with van der Waals surface area (Å²) in [6.07, 6.45) is 2.24. The van der Waals surface area contributed by atoms with Crippen LogP contribution in [0.15, 0.2) is 40.9 Å². The van der Waals surface area contributed by atoms with Gasteiger partial charge in [0.05, 0.1) is 19.3 Å². The van der Waals surface area contributed by atoms with Gasteiger partial charge in [-0.3, -0.25) is 4.79 Å². The van der Waals surface area contributed by atoms with E-state index in [0.29, 0.717) is 37.5 Å². The average Bonchev–Trinajstić information content (AvgIpc) is 3.11. The minimum absolute atomic E-state index is 0.0654. The standard InChI is InChI=1S/C18H20N2O5/c21-17(20-9-10-24-15(12-20)18(22)23)8-4-7-16-19-11-14(25-16)13-5-2-1-3-6-13/h1-3,5-6,11,15H,4,7-10,12H2,(H,22,23)/t15-/m0/s1. The first kappa shape index (κ1) is 17.2. The molecule has 0 spiro atoms. The zero-order valence-corrected chi connectivity index (χ0v) is 13.8. The molecule has 1 aliphatic heterocycles. The summed E-state index contributed by atoms with van der Waals surface area (Å²) in [5, 5.41) is 8.98. The second-order valence-electron chi connectivity index (χ2n) is 5.88. The van der Waals surface area contributed by atoms with Gasteiger partial charge < -0.3 is 19.2 Å². The molecule has 1 aromatic carbocycles. The molecule has 7 heteroatoms. The Labute approximate surface area is 145 Å². The Morgan fingerprint density at radius 2 is 2.08 bits per heavy atom. The van der Waals surface area contributed by atoms with Gasteiger partial charge >= 0.3 is 5.97 Å². The summed E-state index contributed by atoms with van der Waals surface area (Å²) >= 11 is 0. The molecule has 1 aromatic heterocycles. The largest absolute Gasteiger partial charge is 0.479 e. The molecule has 7 nitrogen and oxygen atoms in total. The van der Waals surface area contributed by atoms with Gasteiger partial charge in [0.25, 0.3) is 0 Å². The van der Waals surface area contributed by atoms with Crippen molar-refractivity contribution in [3.8, 4) is 11.3 Å². The Hall–Kier alpha value is -2.67. The van der Waals surface area contributed by atoms with E-state index in [1.54, 1.807) is 11.1 Å². The van der Waals surface area contributed by atoms with Gasteiger partial charge in [-0.25, -0.2) is 9.78 Å². The maximum absolute atomic E-state index is 12.2. The van der Waals surface area contributed by atoms with E-state index < -0.39 is 12.1 Å². The number of aromatic nitrogens is 1. The van der Waals surface area contributed by atoms with Crippen molar-refractivity contribution in [3.63, 3.8) is 0 Å². The fraction of sp³-hybridized carbons (Fsp3) is 0.389. The van der Waals surface area contributed by atoms with Crippen LogP contribution in [0.5, 0.6) is 0 Å². The Morgan fingerprint density at radius 3 is 2.84 bits per heavy atom. The molecule has 0 unspecified atom stereocenters. The van der Waals surface area contributed by atoms with Crippen LogP contribution in [0.3, 0.4) is 0 Å². The van der Waals surface area contributed by atoms with E-state index in [2.05, 4.69) is 4.98 Å². The summed E-state index contributed by atoms with van der Waals surface area (Å²) in [5.74, 6) is 0.201. The Bertz CT molecular complexity index is 728. The molecule has 1 amide bonds. The van der Waals surface area contributed by atoms with E-state index in [-0.39, 0.29) is 19.1 Å². The van der Waals surface area contributed by atoms with Crippen molar-refractivity contribution in [1.82, 2.24) is 9.88 Å². The number of hydrogen-bond donors (Lipinski definition) is 1. The number of amides is 1. The molecule has 0 aliphatic carbocycles. The molecule has 2 aromatic rings. The third kappa shape index (κ3) is 4.45. The predicted molar refractivity (Wildman–Crippen MR) is 88.8 cm³/mol. The number of carbonyl (C=O) groups excluding carboxylic acids is 1. The molecule has 132 valence electrons. The van der Waals surface area contributed by atoms with Gasteiger partial charge in [0, 0.05) is 24.9 Å². The fourth-order valence-electron chi connectivity index (χ4n) is 2.74. The van der Waals surface area contributed by atoms with Crippen LogP contribution in [-0.2, 0) is 20.7 Å². The molecule has 25 heavy (non-hydrogen) atoms. The minimum Gasteiger partial charge on any atom is -0.479 e. The number of oxazole rings is 1. The van der Waals surface area contributed by atoms with Crippen LogP contribution in [0.2, 0.25) is 0 Å². The molecule has 2 heterocycles. The Balaban J connectivity index is 1.47. The third-order valence-electron chi connectivity index (χ3n) is 4.09. The molecule has 3 rings (SSSR count). The fourth-order valence-corrected chi connectivity index (χ4v) is 2.74. The van der Waals surface area contributed by atoms with Crippen molar-refractivity contribution >= 4 is 11.9 Å². The van der Waals surface area contributed by atoms with Crippen LogP contribution in [-0.4, -0.2) is 52.7 Å². The summed E-state index contributed by atoms with van der Waals surface area (Å²) in [7, 11) is 0. The number of morpholine rings is 1. The summed E-state index contributed by atoms with van der Waals surface area (Å²) in [6, 6.07) is 9.70. The van der Waals surface area contributed by atoms with Gasteiger partial charge in [-0.2, -0.15) is 0 Å². The van der Waals surface area contributed by atoms with Crippen molar-refractivity contribution in [2.24, 2.45) is 0 Å². The van der Waals surface area contributed by atoms with Gasteiger partial charge in [-0.15, -0.1) is 0 Å². The number of benzene rings is 1. The zero-order chi connectivity index (χ0) is 17.6. The Kier molecular flexibility index (Phi) is 5.45. The van der Waals surface area contributed by atoms with E-state index in [0.717, 1.165) is 5.56 Å². The van der Waals surface area contributed by atoms with Gasteiger partial charge in [0.15, 0.2) is 17.8 Å². The molecule has 1 saturated heterocycles. The van der Waals surface area contributed by atoms with E-state index in [1.807, 2.05) is 30.3 Å². The minimum atomic E-state index is -1.04. The van der Waals surface area contributed by atoms with Crippen LogP contribution >= 0.6 is 0 Å². The van der Waals surface area contributed by atoms with E-state index in [4.69, 9.17) is 14.3 Å². The first-order valence-corrected chi connectivity index (χ1v) is 8.26.